The van der Waals surface area contributed by atoms with Crippen molar-refractivity contribution in [1.29, 1.82) is 0 Å². The van der Waals surface area contributed by atoms with E-state index in [0.717, 1.165) is 12.8 Å². The van der Waals surface area contributed by atoms with Gasteiger partial charge in [0.05, 0.1) is 5.60 Å². The van der Waals surface area contributed by atoms with Gasteiger partial charge in [-0.15, -0.1) is 11.8 Å². The van der Waals surface area contributed by atoms with Crippen molar-refractivity contribution in [3.63, 3.8) is 0 Å². The first-order valence-electron chi connectivity index (χ1n) is 3.89. The topological polar surface area (TPSA) is 32.3 Å². The molecule has 0 spiro atoms. The summed E-state index contributed by atoms with van der Waals surface area (Å²) in [5.41, 5.74) is -0.612. The van der Waals surface area contributed by atoms with E-state index in [1.165, 1.54) is 0 Å². The average molecular weight is 155 g/mol. The normalized spacial score (nSPS) is 14.9. The minimum absolute atomic E-state index is 0.612. The maximum absolute atomic E-state index is 9.61. The van der Waals surface area contributed by atoms with Crippen LogP contribution in [0.5, 0.6) is 0 Å². The van der Waals surface area contributed by atoms with E-state index in [1.54, 1.807) is 0 Å². The molecule has 0 saturated heterocycles. The maximum Gasteiger partial charge on any atom is 0.0752 e. The molecule has 0 aliphatic carbocycles. The highest BCUT2D eigenvalue weighted by Crippen LogP contribution is 2.09. The standard InChI is InChI=1S/C9H17NO/c1-4-5-6-7-9(2,11)8-10-3/h10-11H,6-8H2,1-3H3. The fourth-order valence-electron chi connectivity index (χ4n) is 0.926. The van der Waals surface area contributed by atoms with Gasteiger partial charge in [-0.1, -0.05) is 0 Å². The van der Waals surface area contributed by atoms with Crippen LogP contribution in [0.3, 0.4) is 0 Å². The molecule has 2 nitrogen and oxygen atoms in total. The van der Waals surface area contributed by atoms with Crippen LogP contribution >= 0.6 is 0 Å². The van der Waals surface area contributed by atoms with Gasteiger partial charge in [-0.2, -0.15) is 0 Å². The third-order valence-electron chi connectivity index (χ3n) is 1.52. The zero-order valence-corrected chi connectivity index (χ0v) is 7.57. The van der Waals surface area contributed by atoms with Crippen LogP contribution in [0.2, 0.25) is 0 Å². The molecule has 0 bridgehead atoms. The molecule has 1 atom stereocenters. The largest absolute Gasteiger partial charge is 0.389 e. The number of rotatable bonds is 4. The van der Waals surface area contributed by atoms with Crippen molar-refractivity contribution >= 4 is 0 Å². The van der Waals surface area contributed by atoms with Gasteiger partial charge in [0.25, 0.3) is 0 Å². The Hall–Kier alpha value is -0.520. The fourth-order valence-corrected chi connectivity index (χ4v) is 0.926. The molecule has 0 aromatic carbocycles. The van der Waals surface area contributed by atoms with Crippen LogP contribution in [-0.2, 0) is 0 Å². The number of likely N-dealkylation sites (N-methyl/N-ethyl adjacent to an activating group) is 1. The lowest BCUT2D eigenvalue weighted by molar-refractivity contribution is 0.0544. The SMILES string of the molecule is CC#CCCC(C)(O)CNC. The minimum atomic E-state index is -0.612. The highest BCUT2D eigenvalue weighted by atomic mass is 16.3. The first kappa shape index (κ1) is 10.5. The van der Waals surface area contributed by atoms with E-state index in [1.807, 2.05) is 20.9 Å². The quantitative estimate of drug-likeness (QED) is 0.587. The molecular weight excluding hydrogens is 138 g/mol. The van der Waals surface area contributed by atoms with E-state index in [9.17, 15) is 5.11 Å². The molecule has 11 heavy (non-hydrogen) atoms. The predicted octanol–water partition coefficient (Wildman–Crippen LogP) is 0.760. The average Bonchev–Trinajstić information content (AvgIpc) is 1.87. The number of aliphatic hydroxyl groups is 1. The summed E-state index contributed by atoms with van der Waals surface area (Å²) in [4.78, 5) is 0. The van der Waals surface area contributed by atoms with E-state index in [2.05, 4.69) is 17.2 Å². The summed E-state index contributed by atoms with van der Waals surface area (Å²) in [5.74, 6) is 5.73. The highest BCUT2D eigenvalue weighted by Gasteiger charge is 2.17. The van der Waals surface area contributed by atoms with Gasteiger partial charge in [0.15, 0.2) is 0 Å². The Kier molecular flexibility index (Phi) is 4.93. The Bertz CT molecular complexity index is 153. The van der Waals surface area contributed by atoms with Gasteiger partial charge in [-0.05, 0) is 27.3 Å². The Balaban J connectivity index is 3.59. The molecule has 0 aromatic rings. The fraction of sp³-hybridized carbons (Fsp3) is 0.778. The molecule has 0 saturated carbocycles. The van der Waals surface area contributed by atoms with Crippen molar-refractivity contribution in [2.45, 2.75) is 32.3 Å². The van der Waals surface area contributed by atoms with Gasteiger partial charge in [-0.3, -0.25) is 0 Å². The smallest absolute Gasteiger partial charge is 0.0752 e. The molecule has 64 valence electrons. The van der Waals surface area contributed by atoms with Gasteiger partial charge in [-0.25, -0.2) is 0 Å². The van der Waals surface area contributed by atoms with Crippen molar-refractivity contribution in [2.75, 3.05) is 13.6 Å². The van der Waals surface area contributed by atoms with Crippen molar-refractivity contribution in [3.05, 3.63) is 0 Å². The van der Waals surface area contributed by atoms with Crippen LogP contribution in [0.25, 0.3) is 0 Å². The zero-order chi connectivity index (χ0) is 8.74. The second-order valence-electron chi connectivity index (χ2n) is 2.95. The van der Waals surface area contributed by atoms with E-state index in [-0.39, 0.29) is 0 Å². The molecule has 0 rings (SSSR count). The molecular formula is C9H17NO. The van der Waals surface area contributed by atoms with Crippen LogP contribution in [-0.4, -0.2) is 24.3 Å². The lowest BCUT2D eigenvalue weighted by atomic mass is 10.0. The van der Waals surface area contributed by atoms with E-state index >= 15 is 0 Å². The maximum atomic E-state index is 9.61. The third kappa shape index (κ3) is 5.90. The first-order chi connectivity index (χ1) is 5.12. The zero-order valence-electron chi connectivity index (χ0n) is 7.57. The van der Waals surface area contributed by atoms with E-state index in [0.29, 0.717) is 6.54 Å². The molecule has 0 aromatic heterocycles. The van der Waals surface area contributed by atoms with Crippen LogP contribution in [0.15, 0.2) is 0 Å². The van der Waals surface area contributed by atoms with Crippen molar-refractivity contribution in [1.82, 2.24) is 5.32 Å². The molecule has 0 aliphatic heterocycles. The molecule has 0 heterocycles. The van der Waals surface area contributed by atoms with E-state index in [4.69, 9.17) is 0 Å². The summed E-state index contributed by atoms with van der Waals surface area (Å²) in [6, 6.07) is 0. The summed E-state index contributed by atoms with van der Waals surface area (Å²) in [6.45, 7) is 4.26. The number of hydrogen-bond acceptors (Lipinski definition) is 2. The number of nitrogens with one attached hydrogen (secondary N) is 1. The van der Waals surface area contributed by atoms with Gasteiger partial charge in [0.2, 0.25) is 0 Å². The van der Waals surface area contributed by atoms with Crippen LogP contribution in [0.1, 0.15) is 26.7 Å². The van der Waals surface area contributed by atoms with Gasteiger partial charge in [0, 0.05) is 13.0 Å². The molecule has 0 radical (unpaired) electrons. The summed E-state index contributed by atoms with van der Waals surface area (Å²) in [5, 5.41) is 12.5. The number of hydrogen-bond donors (Lipinski definition) is 2. The lowest BCUT2D eigenvalue weighted by Gasteiger charge is -2.21. The summed E-state index contributed by atoms with van der Waals surface area (Å²) < 4.78 is 0. The van der Waals surface area contributed by atoms with Crippen molar-refractivity contribution in [2.24, 2.45) is 0 Å². The van der Waals surface area contributed by atoms with Crippen molar-refractivity contribution in [3.8, 4) is 11.8 Å². The highest BCUT2D eigenvalue weighted by molar-refractivity contribution is 4.96. The molecule has 1 unspecified atom stereocenters. The minimum Gasteiger partial charge on any atom is -0.389 e. The second-order valence-corrected chi connectivity index (χ2v) is 2.95. The lowest BCUT2D eigenvalue weighted by Crippen LogP contribution is -2.35. The van der Waals surface area contributed by atoms with Crippen molar-refractivity contribution < 1.29 is 5.11 Å². The predicted molar refractivity (Wildman–Crippen MR) is 47.2 cm³/mol. The molecule has 0 aliphatic rings. The van der Waals surface area contributed by atoms with Gasteiger partial charge >= 0.3 is 0 Å². The summed E-state index contributed by atoms with van der Waals surface area (Å²) in [6.07, 6.45) is 1.50. The van der Waals surface area contributed by atoms with Crippen LogP contribution in [0.4, 0.5) is 0 Å². The Morgan fingerprint density at radius 1 is 1.55 bits per heavy atom. The second kappa shape index (κ2) is 5.17. The first-order valence-corrected chi connectivity index (χ1v) is 3.89. The Labute approximate surface area is 69.0 Å². The molecule has 0 amide bonds. The van der Waals surface area contributed by atoms with Crippen LogP contribution in [0, 0.1) is 11.8 Å². The molecule has 0 fully saturated rings. The Morgan fingerprint density at radius 2 is 2.18 bits per heavy atom. The van der Waals surface area contributed by atoms with Gasteiger partial charge in [0.1, 0.15) is 0 Å². The third-order valence-corrected chi connectivity index (χ3v) is 1.52. The van der Waals surface area contributed by atoms with Gasteiger partial charge < -0.3 is 10.4 Å². The molecule has 2 heteroatoms. The molecule has 2 N–H and O–H groups in total. The summed E-state index contributed by atoms with van der Waals surface area (Å²) in [7, 11) is 1.83. The van der Waals surface area contributed by atoms with E-state index < -0.39 is 5.60 Å². The monoisotopic (exact) mass is 155 g/mol. The summed E-state index contributed by atoms with van der Waals surface area (Å²) >= 11 is 0. The van der Waals surface area contributed by atoms with Crippen LogP contribution < -0.4 is 5.32 Å². The Morgan fingerprint density at radius 3 is 2.64 bits per heavy atom.